The van der Waals surface area contributed by atoms with Crippen LogP contribution in [0.1, 0.15) is 11.1 Å². The summed E-state index contributed by atoms with van der Waals surface area (Å²) in [5, 5.41) is 2.92. The smallest absolute Gasteiger partial charge is 0.228 e. The van der Waals surface area contributed by atoms with E-state index < -0.39 is 0 Å². The molecule has 0 bridgehead atoms. The van der Waals surface area contributed by atoms with E-state index in [1.54, 1.807) is 6.07 Å². The molecule has 0 aliphatic heterocycles. The Bertz CT molecular complexity index is 650. The first-order valence-corrected chi connectivity index (χ1v) is 6.88. The molecule has 2 aromatic rings. The van der Waals surface area contributed by atoms with E-state index in [1.165, 1.54) is 5.56 Å². The molecule has 0 aromatic heterocycles. The Morgan fingerprint density at radius 2 is 1.90 bits per heavy atom. The first-order chi connectivity index (χ1) is 9.97. The molecule has 21 heavy (non-hydrogen) atoms. The van der Waals surface area contributed by atoms with Crippen LogP contribution in [0.2, 0.25) is 0 Å². The Labute approximate surface area is 125 Å². The SMILES string of the molecule is Cc1ccc(NC(=O)Cc2ccccc2N)cc1N(C)C. The Morgan fingerprint density at radius 1 is 1.19 bits per heavy atom. The van der Waals surface area contributed by atoms with Gasteiger partial charge in [0.2, 0.25) is 5.91 Å². The number of rotatable bonds is 4. The van der Waals surface area contributed by atoms with Crippen molar-refractivity contribution in [2.45, 2.75) is 13.3 Å². The van der Waals surface area contributed by atoms with Crippen LogP contribution in [0.15, 0.2) is 42.5 Å². The highest BCUT2D eigenvalue weighted by atomic mass is 16.1. The first kappa shape index (κ1) is 14.9. The van der Waals surface area contributed by atoms with Crippen LogP contribution in [0.25, 0.3) is 0 Å². The van der Waals surface area contributed by atoms with E-state index in [9.17, 15) is 4.79 Å². The van der Waals surface area contributed by atoms with Gasteiger partial charge in [-0.25, -0.2) is 0 Å². The van der Waals surface area contributed by atoms with E-state index in [4.69, 9.17) is 5.73 Å². The van der Waals surface area contributed by atoms with Crippen LogP contribution in [0.4, 0.5) is 17.1 Å². The summed E-state index contributed by atoms with van der Waals surface area (Å²) in [5.41, 5.74) is 10.4. The number of carbonyl (C=O) groups excluding carboxylic acids is 1. The zero-order valence-electron chi connectivity index (χ0n) is 12.7. The van der Waals surface area contributed by atoms with E-state index in [0.717, 1.165) is 16.9 Å². The molecule has 0 unspecified atom stereocenters. The molecule has 0 saturated carbocycles. The third-order valence-electron chi connectivity index (χ3n) is 3.38. The summed E-state index contributed by atoms with van der Waals surface area (Å²) in [6.07, 6.45) is 0.276. The lowest BCUT2D eigenvalue weighted by Crippen LogP contribution is -2.16. The molecule has 0 saturated heterocycles. The van der Waals surface area contributed by atoms with Gasteiger partial charge in [0.1, 0.15) is 0 Å². The minimum absolute atomic E-state index is 0.0681. The Kier molecular flexibility index (Phi) is 4.48. The van der Waals surface area contributed by atoms with Gasteiger partial charge in [-0.2, -0.15) is 0 Å². The number of nitrogen functional groups attached to an aromatic ring is 1. The Morgan fingerprint density at radius 3 is 2.57 bits per heavy atom. The highest BCUT2D eigenvalue weighted by Crippen LogP contribution is 2.22. The average Bonchev–Trinajstić information content (AvgIpc) is 2.43. The normalized spacial score (nSPS) is 10.2. The predicted molar refractivity (Wildman–Crippen MR) is 88.7 cm³/mol. The van der Waals surface area contributed by atoms with Crippen LogP contribution in [-0.4, -0.2) is 20.0 Å². The van der Waals surface area contributed by atoms with Crippen molar-refractivity contribution in [1.82, 2.24) is 0 Å². The number of para-hydroxylation sites is 1. The van der Waals surface area contributed by atoms with Crippen molar-refractivity contribution in [3.05, 3.63) is 53.6 Å². The maximum atomic E-state index is 12.1. The molecule has 0 radical (unpaired) electrons. The quantitative estimate of drug-likeness (QED) is 0.848. The molecule has 2 aromatic carbocycles. The lowest BCUT2D eigenvalue weighted by molar-refractivity contribution is -0.115. The van der Waals surface area contributed by atoms with Crippen molar-refractivity contribution in [3.63, 3.8) is 0 Å². The number of benzene rings is 2. The van der Waals surface area contributed by atoms with Gasteiger partial charge in [0, 0.05) is 31.2 Å². The number of nitrogens with one attached hydrogen (secondary N) is 1. The molecule has 0 aliphatic carbocycles. The molecule has 0 fully saturated rings. The van der Waals surface area contributed by atoms with E-state index in [-0.39, 0.29) is 12.3 Å². The summed E-state index contributed by atoms with van der Waals surface area (Å²) in [4.78, 5) is 14.1. The third kappa shape index (κ3) is 3.75. The Balaban J connectivity index is 2.10. The van der Waals surface area contributed by atoms with Gasteiger partial charge in [0.25, 0.3) is 0 Å². The number of nitrogens with two attached hydrogens (primary N) is 1. The molecule has 3 N–H and O–H groups in total. The number of aryl methyl sites for hydroxylation is 1. The average molecular weight is 283 g/mol. The molecule has 0 heterocycles. The van der Waals surface area contributed by atoms with E-state index in [2.05, 4.69) is 5.32 Å². The minimum atomic E-state index is -0.0681. The van der Waals surface area contributed by atoms with Crippen LogP contribution in [0.5, 0.6) is 0 Å². The molecule has 0 atom stereocenters. The molecule has 4 heteroatoms. The highest BCUT2D eigenvalue weighted by molar-refractivity contribution is 5.93. The molecule has 2 rings (SSSR count). The zero-order valence-corrected chi connectivity index (χ0v) is 12.7. The van der Waals surface area contributed by atoms with Crippen molar-refractivity contribution < 1.29 is 4.79 Å². The summed E-state index contributed by atoms with van der Waals surface area (Å²) >= 11 is 0. The zero-order chi connectivity index (χ0) is 15.4. The van der Waals surface area contributed by atoms with Gasteiger partial charge in [-0.1, -0.05) is 24.3 Å². The highest BCUT2D eigenvalue weighted by Gasteiger charge is 2.08. The molecule has 0 aliphatic rings. The van der Waals surface area contributed by atoms with Gasteiger partial charge in [-0.05, 0) is 36.2 Å². The fraction of sp³-hybridized carbons (Fsp3) is 0.235. The van der Waals surface area contributed by atoms with Gasteiger partial charge in [0.05, 0.1) is 6.42 Å². The van der Waals surface area contributed by atoms with E-state index >= 15 is 0 Å². The van der Waals surface area contributed by atoms with Crippen molar-refractivity contribution >= 4 is 23.0 Å². The molecular formula is C17H21N3O. The summed E-state index contributed by atoms with van der Waals surface area (Å²) < 4.78 is 0. The fourth-order valence-electron chi connectivity index (χ4n) is 2.24. The second-order valence-corrected chi connectivity index (χ2v) is 5.32. The monoisotopic (exact) mass is 283 g/mol. The second-order valence-electron chi connectivity index (χ2n) is 5.32. The number of anilines is 3. The van der Waals surface area contributed by atoms with Gasteiger partial charge in [-0.3, -0.25) is 4.79 Å². The summed E-state index contributed by atoms with van der Waals surface area (Å²) in [6, 6.07) is 13.3. The number of nitrogens with zero attached hydrogens (tertiary/aromatic N) is 1. The van der Waals surface area contributed by atoms with E-state index in [1.807, 2.05) is 62.3 Å². The summed E-state index contributed by atoms with van der Waals surface area (Å²) in [5.74, 6) is -0.0681. The molecule has 0 spiro atoms. The van der Waals surface area contributed by atoms with Gasteiger partial charge in [-0.15, -0.1) is 0 Å². The number of amides is 1. The van der Waals surface area contributed by atoms with Gasteiger partial charge >= 0.3 is 0 Å². The van der Waals surface area contributed by atoms with Gasteiger partial charge < -0.3 is 16.0 Å². The molecule has 110 valence electrons. The number of hydrogen-bond acceptors (Lipinski definition) is 3. The largest absolute Gasteiger partial charge is 0.398 e. The van der Waals surface area contributed by atoms with Crippen LogP contribution in [0.3, 0.4) is 0 Å². The molecule has 4 nitrogen and oxygen atoms in total. The van der Waals surface area contributed by atoms with Crippen LogP contribution in [-0.2, 0) is 11.2 Å². The van der Waals surface area contributed by atoms with Crippen LogP contribution >= 0.6 is 0 Å². The fourth-order valence-corrected chi connectivity index (χ4v) is 2.24. The molecular weight excluding hydrogens is 262 g/mol. The Hall–Kier alpha value is -2.49. The van der Waals surface area contributed by atoms with Crippen molar-refractivity contribution in [3.8, 4) is 0 Å². The molecule has 1 amide bonds. The van der Waals surface area contributed by atoms with Crippen molar-refractivity contribution in [2.24, 2.45) is 0 Å². The maximum absolute atomic E-state index is 12.1. The topological polar surface area (TPSA) is 58.4 Å². The van der Waals surface area contributed by atoms with E-state index in [0.29, 0.717) is 5.69 Å². The van der Waals surface area contributed by atoms with Crippen molar-refractivity contribution in [1.29, 1.82) is 0 Å². The second kappa shape index (κ2) is 6.31. The number of carbonyl (C=O) groups is 1. The van der Waals surface area contributed by atoms with Crippen LogP contribution < -0.4 is 16.0 Å². The van der Waals surface area contributed by atoms with Crippen LogP contribution in [0, 0.1) is 6.92 Å². The third-order valence-corrected chi connectivity index (χ3v) is 3.38. The minimum Gasteiger partial charge on any atom is -0.398 e. The lowest BCUT2D eigenvalue weighted by Gasteiger charge is -2.17. The van der Waals surface area contributed by atoms with Crippen molar-refractivity contribution in [2.75, 3.05) is 30.0 Å². The summed E-state index contributed by atoms with van der Waals surface area (Å²) in [6.45, 7) is 2.05. The first-order valence-electron chi connectivity index (χ1n) is 6.88. The standard InChI is InChI=1S/C17H21N3O/c1-12-8-9-14(11-16(12)20(2)3)19-17(21)10-13-6-4-5-7-15(13)18/h4-9,11H,10,18H2,1-3H3,(H,19,21). The number of hydrogen-bond donors (Lipinski definition) is 2. The van der Waals surface area contributed by atoms with Gasteiger partial charge in [0.15, 0.2) is 0 Å². The maximum Gasteiger partial charge on any atom is 0.228 e. The predicted octanol–water partition coefficient (Wildman–Crippen LogP) is 2.82. The summed E-state index contributed by atoms with van der Waals surface area (Å²) in [7, 11) is 3.97. The lowest BCUT2D eigenvalue weighted by atomic mass is 10.1.